The Morgan fingerprint density at radius 3 is 2.18 bits per heavy atom. The molecule has 2 amide bonds. The first-order valence-corrected chi connectivity index (χ1v) is 14.6. The summed E-state index contributed by atoms with van der Waals surface area (Å²) in [6.45, 7) is 3.84. The van der Waals surface area contributed by atoms with Gasteiger partial charge in [0.1, 0.15) is 18.3 Å². The molecular formula is C29H34ClN3O5S. The number of sulfonamides is 1. The van der Waals surface area contributed by atoms with E-state index in [9.17, 15) is 18.0 Å². The number of benzene rings is 3. The number of amides is 2. The van der Waals surface area contributed by atoms with Gasteiger partial charge < -0.3 is 15.0 Å². The van der Waals surface area contributed by atoms with Gasteiger partial charge in [-0.1, -0.05) is 74.0 Å². The molecule has 3 aromatic carbocycles. The van der Waals surface area contributed by atoms with Crippen LogP contribution in [0.2, 0.25) is 5.02 Å². The molecule has 39 heavy (non-hydrogen) atoms. The quantitative estimate of drug-likeness (QED) is 0.315. The van der Waals surface area contributed by atoms with Crippen molar-refractivity contribution >= 4 is 39.1 Å². The summed E-state index contributed by atoms with van der Waals surface area (Å²) in [5.41, 5.74) is 1.01. The van der Waals surface area contributed by atoms with Crippen LogP contribution >= 0.6 is 11.6 Å². The van der Waals surface area contributed by atoms with E-state index in [0.717, 1.165) is 16.3 Å². The van der Waals surface area contributed by atoms with Gasteiger partial charge in [0.15, 0.2) is 0 Å². The third-order valence-corrected chi connectivity index (χ3v) is 8.25. The Morgan fingerprint density at radius 1 is 0.974 bits per heavy atom. The Labute approximate surface area is 235 Å². The molecule has 0 aliphatic carbocycles. The van der Waals surface area contributed by atoms with Crippen molar-refractivity contribution in [3.8, 4) is 5.75 Å². The van der Waals surface area contributed by atoms with Crippen LogP contribution < -0.4 is 14.4 Å². The Bertz CT molecular complexity index is 1350. The number of rotatable bonds is 13. The molecule has 208 valence electrons. The van der Waals surface area contributed by atoms with Crippen LogP contribution in [0.3, 0.4) is 0 Å². The standard InChI is InChI=1S/C29H34ClN3O5S/c1-4-18-31-29(35)26(5-2)32(20-22-12-8-6-9-13-22)28(34)21-33(23-16-17-27(38-3)25(30)19-23)39(36,37)24-14-10-7-11-15-24/h6-17,19,26H,4-5,18,20-21H2,1-3H3,(H,31,35)/t26-/m1/s1. The van der Waals surface area contributed by atoms with Gasteiger partial charge in [-0.15, -0.1) is 0 Å². The number of anilines is 1. The second kappa shape index (κ2) is 14.0. The number of nitrogens with one attached hydrogen (secondary N) is 1. The van der Waals surface area contributed by atoms with Gasteiger partial charge >= 0.3 is 0 Å². The summed E-state index contributed by atoms with van der Waals surface area (Å²) in [5.74, 6) is -0.439. The van der Waals surface area contributed by atoms with E-state index in [1.165, 1.54) is 36.3 Å². The van der Waals surface area contributed by atoms with Gasteiger partial charge in [0, 0.05) is 13.1 Å². The maximum Gasteiger partial charge on any atom is 0.264 e. The summed E-state index contributed by atoms with van der Waals surface area (Å²) < 4.78 is 33.9. The van der Waals surface area contributed by atoms with Crippen molar-refractivity contribution in [2.75, 3.05) is 24.5 Å². The first-order valence-electron chi connectivity index (χ1n) is 12.7. The molecule has 0 fully saturated rings. The highest BCUT2D eigenvalue weighted by Crippen LogP contribution is 2.32. The van der Waals surface area contributed by atoms with Crippen LogP contribution in [0.5, 0.6) is 5.75 Å². The van der Waals surface area contributed by atoms with Crippen LogP contribution in [0.4, 0.5) is 5.69 Å². The fourth-order valence-electron chi connectivity index (χ4n) is 4.12. The molecule has 10 heteroatoms. The zero-order chi connectivity index (χ0) is 28.4. The van der Waals surface area contributed by atoms with E-state index in [1.54, 1.807) is 24.3 Å². The molecule has 0 saturated heterocycles. The lowest BCUT2D eigenvalue weighted by molar-refractivity contribution is -0.140. The van der Waals surface area contributed by atoms with Crippen molar-refractivity contribution in [3.05, 3.63) is 89.4 Å². The minimum Gasteiger partial charge on any atom is -0.495 e. The molecular weight excluding hydrogens is 538 g/mol. The van der Waals surface area contributed by atoms with Crippen molar-refractivity contribution in [2.24, 2.45) is 0 Å². The molecule has 0 heterocycles. The van der Waals surface area contributed by atoms with Crippen molar-refractivity contribution in [3.63, 3.8) is 0 Å². The first-order chi connectivity index (χ1) is 18.7. The van der Waals surface area contributed by atoms with Crippen LogP contribution in [0.1, 0.15) is 32.3 Å². The highest BCUT2D eigenvalue weighted by Gasteiger charge is 2.33. The molecule has 8 nitrogen and oxygen atoms in total. The van der Waals surface area contributed by atoms with Crippen LogP contribution in [0.25, 0.3) is 0 Å². The van der Waals surface area contributed by atoms with Gasteiger partial charge in [0.05, 0.1) is 22.7 Å². The summed E-state index contributed by atoms with van der Waals surface area (Å²) in [6.07, 6.45) is 1.10. The van der Waals surface area contributed by atoms with E-state index in [-0.39, 0.29) is 28.1 Å². The first kappa shape index (κ1) is 30.0. The fourth-order valence-corrected chi connectivity index (χ4v) is 5.80. The molecule has 0 bridgehead atoms. The number of hydrogen-bond acceptors (Lipinski definition) is 5. The number of hydrogen-bond donors (Lipinski definition) is 1. The average Bonchev–Trinajstić information content (AvgIpc) is 2.95. The number of nitrogens with zero attached hydrogens (tertiary/aromatic N) is 2. The molecule has 0 aliphatic rings. The molecule has 0 radical (unpaired) electrons. The van der Waals surface area contributed by atoms with Crippen LogP contribution in [-0.2, 0) is 26.2 Å². The van der Waals surface area contributed by atoms with E-state index in [1.807, 2.05) is 44.2 Å². The van der Waals surface area contributed by atoms with Crippen LogP contribution in [0, 0.1) is 0 Å². The van der Waals surface area contributed by atoms with Crippen LogP contribution in [0.15, 0.2) is 83.8 Å². The van der Waals surface area contributed by atoms with Gasteiger partial charge in [-0.3, -0.25) is 13.9 Å². The van der Waals surface area contributed by atoms with Gasteiger partial charge in [0.2, 0.25) is 11.8 Å². The van der Waals surface area contributed by atoms with Crippen LogP contribution in [-0.4, -0.2) is 51.4 Å². The third-order valence-electron chi connectivity index (χ3n) is 6.16. The van der Waals surface area contributed by atoms with E-state index in [4.69, 9.17) is 16.3 Å². The van der Waals surface area contributed by atoms with E-state index < -0.39 is 28.5 Å². The lowest BCUT2D eigenvalue weighted by Crippen LogP contribution is -2.52. The predicted octanol–water partition coefficient (Wildman–Crippen LogP) is 4.88. The third kappa shape index (κ3) is 7.52. The largest absolute Gasteiger partial charge is 0.495 e. The van der Waals surface area contributed by atoms with E-state index >= 15 is 0 Å². The minimum absolute atomic E-state index is 0.0204. The summed E-state index contributed by atoms with van der Waals surface area (Å²) in [7, 11) is -2.72. The number of carbonyl (C=O) groups is 2. The molecule has 1 atom stereocenters. The van der Waals surface area contributed by atoms with Crippen molar-refractivity contribution in [2.45, 2.75) is 44.2 Å². The van der Waals surface area contributed by atoms with Crippen molar-refractivity contribution in [1.82, 2.24) is 10.2 Å². The van der Waals surface area contributed by atoms with Gasteiger partial charge in [0.25, 0.3) is 10.0 Å². The number of methoxy groups -OCH3 is 1. The highest BCUT2D eigenvalue weighted by molar-refractivity contribution is 7.92. The maximum absolute atomic E-state index is 14.0. The minimum atomic E-state index is -4.17. The molecule has 3 aromatic rings. The summed E-state index contributed by atoms with van der Waals surface area (Å²) in [5, 5.41) is 3.07. The second-order valence-corrected chi connectivity index (χ2v) is 11.1. The SMILES string of the molecule is CCCNC(=O)[C@@H](CC)N(Cc1ccccc1)C(=O)CN(c1ccc(OC)c(Cl)c1)S(=O)(=O)c1ccccc1. The normalized spacial score (nSPS) is 11.9. The Hall–Kier alpha value is -3.56. The molecule has 3 rings (SSSR count). The number of halogens is 1. The Kier molecular flexibility index (Phi) is 10.8. The second-order valence-electron chi connectivity index (χ2n) is 8.87. The molecule has 1 N–H and O–H groups in total. The number of carbonyl (C=O) groups excluding carboxylic acids is 2. The zero-order valence-corrected chi connectivity index (χ0v) is 23.9. The summed E-state index contributed by atoms with van der Waals surface area (Å²) in [4.78, 5) is 28.5. The fraction of sp³-hybridized carbons (Fsp3) is 0.310. The van der Waals surface area contributed by atoms with Crippen molar-refractivity contribution in [1.29, 1.82) is 0 Å². The van der Waals surface area contributed by atoms with Gasteiger partial charge in [-0.05, 0) is 48.7 Å². The molecule has 0 unspecified atom stereocenters. The summed E-state index contributed by atoms with van der Waals surface area (Å²) in [6, 6.07) is 20.9. The maximum atomic E-state index is 14.0. The van der Waals surface area contributed by atoms with Crippen molar-refractivity contribution < 1.29 is 22.7 Å². The van der Waals surface area contributed by atoms with E-state index in [0.29, 0.717) is 18.7 Å². The molecule has 0 spiro atoms. The topological polar surface area (TPSA) is 96.0 Å². The molecule has 0 aromatic heterocycles. The Balaban J connectivity index is 2.06. The average molecular weight is 572 g/mol. The van der Waals surface area contributed by atoms with Gasteiger partial charge in [-0.2, -0.15) is 0 Å². The van der Waals surface area contributed by atoms with Gasteiger partial charge in [-0.25, -0.2) is 8.42 Å². The monoisotopic (exact) mass is 571 g/mol. The lowest BCUT2D eigenvalue weighted by atomic mass is 10.1. The number of ether oxygens (including phenoxy) is 1. The smallest absolute Gasteiger partial charge is 0.264 e. The zero-order valence-electron chi connectivity index (χ0n) is 22.3. The molecule has 0 aliphatic heterocycles. The Morgan fingerprint density at radius 2 is 1.62 bits per heavy atom. The molecule has 0 saturated carbocycles. The predicted molar refractivity (Wildman–Crippen MR) is 153 cm³/mol. The lowest BCUT2D eigenvalue weighted by Gasteiger charge is -2.33. The highest BCUT2D eigenvalue weighted by atomic mass is 35.5. The van der Waals surface area contributed by atoms with E-state index in [2.05, 4.69) is 5.32 Å². The summed E-state index contributed by atoms with van der Waals surface area (Å²) >= 11 is 6.34.